The van der Waals surface area contributed by atoms with Crippen LogP contribution in [0.15, 0.2) is 17.1 Å². The SMILES string of the molecule is C=C(C)C(=NC)S(C)=O. The predicted molar refractivity (Wildman–Crippen MR) is 42.2 cm³/mol. The maximum absolute atomic E-state index is 10.7. The number of hydrogen-bond donors (Lipinski definition) is 0. The Kier molecular flexibility index (Phi) is 3.39. The van der Waals surface area contributed by atoms with Crippen molar-refractivity contribution in [1.29, 1.82) is 0 Å². The van der Waals surface area contributed by atoms with Crippen LogP contribution in [0.4, 0.5) is 0 Å². The molecule has 0 aliphatic rings. The molecule has 0 fully saturated rings. The molecule has 0 spiro atoms. The Morgan fingerprint density at radius 2 is 2.11 bits per heavy atom. The Labute approximate surface area is 58.1 Å². The molecule has 0 aromatic carbocycles. The minimum atomic E-state index is -0.983. The van der Waals surface area contributed by atoms with Crippen molar-refractivity contribution in [2.75, 3.05) is 13.3 Å². The molecule has 2 nitrogen and oxygen atoms in total. The second-order valence-corrected chi connectivity index (χ2v) is 3.06. The molecule has 0 heterocycles. The van der Waals surface area contributed by atoms with Crippen LogP contribution in [0.2, 0.25) is 0 Å². The summed E-state index contributed by atoms with van der Waals surface area (Å²) in [4.78, 5) is 3.80. The van der Waals surface area contributed by atoms with E-state index in [9.17, 15) is 4.21 Å². The van der Waals surface area contributed by atoms with Crippen LogP contribution in [-0.4, -0.2) is 22.6 Å². The van der Waals surface area contributed by atoms with E-state index in [0.29, 0.717) is 5.04 Å². The van der Waals surface area contributed by atoms with Crippen LogP contribution >= 0.6 is 0 Å². The first-order valence-corrected chi connectivity index (χ1v) is 4.11. The summed E-state index contributed by atoms with van der Waals surface area (Å²) in [6.07, 6.45) is 1.59. The van der Waals surface area contributed by atoms with Crippen LogP contribution in [-0.2, 0) is 10.8 Å². The Hall–Kier alpha value is -0.440. The molecule has 9 heavy (non-hydrogen) atoms. The highest BCUT2D eigenvalue weighted by Crippen LogP contribution is 1.95. The molecular formula is C6H11NOS. The van der Waals surface area contributed by atoms with E-state index in [2.05, 4.69) is 11.6 Å². The second kappa shape index (κ2) is 3.56. The first-order chi connectivity index (χ1) is 4.09. The Morgan fingerprint density at radius 1 is 1.67 bits per heavy atom. The summed E-state index contributed by atoms with van der Waals surface area (Å²) in [6, 6.07) is 0. The maximum Gasteiger partial charge on any atom is 0.123 e. The van der Waals surface area contributed by atoms with E-state index in [1.807, 2.05) is 0 Å². The molecule has 1 unspecified atom stereocenters. The lowest BCUT2D eigenvalue weighted by Crippen LogP contribution is -2.05. The molecular weight excluding hydrogens is 134 g/mol. The van der Waals surface area contributed by atoms with E-state index in [1.54, 1.807) is 20.2 Å². The van der Waals surface area contributed by atoms with Crippen molar-refractivity contribution in [3.05, 3.63) is 12.2 Å². The van der Waals surface area contributed by atoms with E-state index in [-0.39, 0.29) is 0 Å². The molecule has 0 aliphatic heterocycles. The maximum atomic E-state index is 10.7. The van der Waals surface area contributed by atoms with Gasteiger partial charge in [0.05, 0.1) is 10.8 Å². The van der Waals surface area contributed by atoms with Crippen molar-refractivity contribution >= 4 is 15.8 Å². The molecule has 3 heteroatoms. The van der Waals surface area contributed by atoms with Gasteiger partial charge < -0.3 is 0 Å². The molecule has 0 aromatic heterocycles. The summed E-state index contributed by atoms with van der Waals surface area (Å²) in [5.41, 5.74) is 0.776. The molecule has 0 saturated carbocycles. The third kappa shape index (κ3) is 2.56. The zero-order valence-electron chi connectivity index (χ0n) is 5.97. The fourth-order valence-corrected chi connectivity index (χ4v) is 1.31. The molecule has 0 rings (SSSR count). The van der Waals surface area contributed by atoms with Gasteiger partial charge in [-0.1, -0.05) is 6.58 Å². The summed E-state index contributed by atoms with van der Waals surface area (Å²) < 4.78 is 10.7. The van der Waals surface area contributed by atoms with Gasteiger partial charge in [0.2, 0.25) is 0 Å². The average Bonchev–Trinajstić information content (AvgIpc) is 1.64. The quantitative estimate of drug-likeness (QED) is 0.399. The third-order valence-corrected chi connectivity index (χ3v) is 1.92. The van der Waals surface area contributed by atoms with Crippen LogP contribution in [0.5, 0.6) is 0 Å². The normalized spacial score (nSPS) is 15.2. The molecule has 0 amide bonds. The lowest BCUT2D eigenvalue weighted by Gasteiger charge is -1.97. The van der Waals surface area contributed by atoms with Gasteiger partial charge >= 0.3 is 0 Å². The third-order valence-electron chi connectivity index (χ3n) is 0.840. The zero-order valence-corrected chi connectivity index (χ0v) is 6.79. The van der Waals surface area contributed by atoms with Gasteiger partial charge in [0.1, 0.15) is 5.04 Å². The minimum Gasteiger partial charge on any atom is -0.279 e. The monoisotopic (exact) mass is 145 g/mol. The van der Waals surface area contributed by atoms with Crippen LogP contribution in [0.3, 0.4) is 0 Å². The van der Waals surface area contributed by atoms with Crippen LogP contribution in [0.25, 0.3) is 0 Å². The Bertz CT molecular complexity index is 156. The van der Waals surface area contributed by atoms with E-state index in [4.69, 9.17) is 0 Å². The summed E-state index contributed by atoms with van der Waals surface area (Å²) in [6.45, 7) is 5.42. The topological polar surface area (TPSA) is 29.4 Å². The van der Waals surface area contributed by atoms with Gasteiger partial charge in [0.15, 0.2) is 0 Å². The highest BCUT2D eigenvalue weighted by Gasteiger charge is 2.01. The van der Waals surface area contributed by atoms with Crippen molar-refractivity contribution in [3.8, 4) is 0 Å². The van der Waals surface area contributed by atoms with Crippen LogP contribution in [0.1, 0.15) is 6.92 Å². The Morgan fingerprint density at radius 3 is 2.11 bits per heavy atom. The van der Waals surface area contributed by atoms with Crippen molar-refractivity contribution < 1.29 is 4.21 Å². The van der Waals surface area contributed by atoms with Crippen LogP contribution in [0, 0.1) is 0 Å². The van der Waals surface area contributed by atoms with Gasteiger partial charge in [-0.05, 0) is 12.5 Å². The fraction of sp³-hybridized carbons (Fsp3) is 0.500. The molecule has 0 N–H and O–H groups in total. The number of rotatable bonds is 1. The Balaban J connectivity index is 4.38. The van der Waals surface area contributed by atoms with Crippen molar-refractivity contribution in [2.24, 2.45) is 4.99 Å². The summed E-state index contributed by atoms with van der Waals surface area (Å²) in [5.74, 6) is 0. The van der Waals surface area contributed by atoms with E-state index < -0.39 is 10.8 Å². The van der Waals surface area contributed by atoms with Gasteiger partial charge in [0, 0.05) is 13.3 Å². The van der Waals surface area contributed by atoms with E-state index in [1.165, 1.54) is 0 Å². The first-order valence-electron chi connectivity index (χ1n) is 2.55. The van der Waals surface area contributed by atoms with E-state index in [0.717, 1.165) is 5.57 Å². The molecule has 1 atom stereocenters. The van der Waals surface area contributed by atoms with Crippen molar-refractivity contribution in [2.45, 2.75) is 6.92 Å². The molecule has 0 aliphatic carbocycles. The minimum absolute atomic E-state index is 0.593. The summed E-state index contributed by atoms with van der Waals surface area (Å²) in [5, 5.41) is 0.593. The van der Waals surface area contributed by atoms with Gasteiger partial charge in [-0.15, -0.1) is 0 Å². The van der Waals surface area contributed by atoms with E-state index >= 15 is 0 Å². The lowest BCUT2D eigenvalue weighted by molar-refractivity contribution is 0.693. The molecule has 0 bridgehead atoms. The van der Waals surface area contributed by atoms with Gasteiger partial charge in [0.25, 0.3) is 0 Å². The highest BCUT2D eigenvalue weighted by atomic mass is 32.2. The average molecular weight is 145 g/mol. The molecule has 0 aromatic rings. The highest BCUT2D eigenvalue weighted by molar-refractivity contribution is 8.00. The molecule has 0 saturated heterocycles. The molecule has 52 valence electrons. The number of nitrogens with zero attached hydrogens (tertiary/aromatic N) is 1. The smallest absolute Gasteiger partial charge is 0.123 e. The number of hydrogen-bond acceptors (Lipinski definition) is 2. The van der Waals surface area contributed by atoms with Crippen LogP contribution < -0.4 is 0 Å². The number of aliphatic imine (C=N–C) groups is 1. The first kappa shape index (κ1) is 8.56. The van der Waals surface area contributed by atoms with Gasteiger partial charge in [-0.25, -0.2) is 0 Å². The van der Waals surface area contributed by atoms with Crippen molar-refractivity contribution in [1.82, 2.24) is 0 Å². The lowest BCUT2D eigenvalue weighted by atomic mass is 10.4. The largest absolute Gasteiger partial charge is 0.279 e. The summed E-state index contributed by atoms with van der Waals surface area (Å²) >= 11 is 0. The standard InChI is InChI=1S/C6H11NOS/c1-5(2)6(7-3)9(4)8/h1H2,2-4H3. The summed E-state index contributed by atoms with van der Waals surface area (Å²) in [7, 11) is 0.633. The molecule has 0 radical (unpaired) electrons. The van der Waals surface area contributed by atoms with Crippen molar-refractivity contribution in [3.63, 3.8) is 0 Å². The van der Waals surface area contributed by atoms with Gasteiger partial charge in [-0.3, -0.25) is 9.20 Å². The second-order valence-electron chi connectivity index (χ2n) is 1.76. The van der Waals surface area contributed by atoms with Gasteiger partial charge in [-0.2, -0.15) is 0 Å². The predicted octanol–water partition coefficient (Wildman–Crippen LogP) is 0.969. The fourth-order valence-electron chi connectivity index (χ4n) is 0.565. The zero-order chi connectivity index (χ0) is 7.44.